The first-order chi connectivity index (χ1) is 8.11. The van der Waals surface area contributed by atoms with E-state index in [1.807, 2.05) is 13.0 Å². The summed E-state index contributed by atoms with van der Waals surface area (Å²) in [4.78, 5) is 11.6. The second-order valence-corrected chi connectivity index (χ2v) is 4.41. The first-order valence-corrected chi connectivity index (χ1v) is 5.95. The quantitative estimate of drug-likeness (QED) is 0.820. The van der Waals surface area contributed by atoms with E-state index in [0.29, 0.717) is 13.0 Å². The molecule has 0 bridgehead atoms. The minimum absolute atomic E-state index is 0.0741. The number of hydrogen-bond donors (Lipinski definition) is 1. The Morgan fingerprint density at radius 3 is 2.88 bits per heavy atom. The lowest BCUT2D eigenvalue weighted by molar-refractivity contribution is -0.122. The highest BCUT2D eigenvalue weighted by atomic mass is 16.5. The molecule has 3 heteroatoms. The maximum absolute atomic E-state index is 11.6. The Bertz CT molecular complexity index is 363. The molecule has 0 saturated carbocycles. The molecule has 0 aliphatic heterocycles. The first kappa shape index (κ1) is 13.7. The van der Waals surface area contributed by atoms with Gasteiger partial charge in [-0.3, -0.25) is 4.79 Å². The van der Waals surface area contributed by atoms with E-state index in [4.69, 9.17) is 4.74 Å². The lowest BCUT2D eigenvalue weighted by Crippen LogP contribution is -2.35. The van der Waals surface area contributed by atoms with Gasteiger partial charge in [0.05, 0.1) is 6.61 Å². The van der Waals surface area contributed by atoms with E-state index in [0.717, 1.165) is 6.42 Å². The Kier molecular flexibility index (Phi) is 5.70. The van der Waals surface area contributed by atoms with Gasteiger partial charge in [0, 0.05) is 19.6 Å². The van der Waals surface area contributed by atoms with Gasteiger partial charge in [-0.2, -0.15) is 0 Å². The fourth-order valence-corrected chi connectivity index (χ4v) is 1.76. The van der Waals surface area contributed by atoms with E-state index in [2.05, 4.69) is 30.4 Å². The van der Waals surface area contributed by atoms with E-state index in [-0.39, 0.29) is 11.9 Å². The van der Waals surface area contributed by atoms with E-state index >= 15 is 0 Å². The molecular formula is C14H21NO2. The van der Waals surface area contributed by atoms with Gasteiger partial charge in [-0.1, -0.05) is 29.8 Å². The van der Waals surface area contributed by atoms with Crippen molar-refractivity contribution in [1.29, 1.82) is 0 Å². The number of carbonyl (C=O) groups is 1. The SMILES string of the molecule is COC[C@H](C)NC(=O)CCc1cccc(C)c1. The maximum Gasteiger partial charge on any atom is 0.220 e. The molecule has 1 rings (SSSR count). The van der Waals surface area contributed by atoms with E-state index in [1.165, 1.54) is 11.1 Å². The van der Waals surface area contributed by atoms with Gasteiger partial charge < -0.3 is 10.1 Å². The Labute approximate surface area is 103 Å². The molecule has 0 aliphatic carbocycles. The summed E-state index contributed by atoms with van der Waals surface area (Å²) in [6.07, 6.45) is 1.31. The molecule has 3 nitrogen and oxygen atoms in total. The number of ether oxygens (including phenoxy) is 1. The molecule has 0 heterocycles. The summed E-state index contributed by atoms with van der Waals surface area (Å²) in [5, 5.41) is 2.90. The summed E-state index contributed by atoms with van der Waals surface area (Å²) >= 11 is 0. The van der Waals surface area contributed by atoms with Gasteiger partial charge in [0.1, 0.15) is 0 Å². The molecule has 1 aromatic carbocycles. The largest absolute Gasteiger partial charge is 0.383 e. The van der Waals surface area contributed by atoms with Crippen LogP contribution in [0.5, 0.6) is 0 Å². The highest BCUT2D eigenvalue weighted by molar-refractivity contribution is 5.76. The third-order valence-electron chi connectivity index (χ3n) is 2.55. The Hall–Kier alpha value is -1.35. The zero-order valence-corrected chi connectivity index (χ0v) is 10.8. The van der Waals surface area contributed by atoms with Crippen molar-refractivity contribution < 1.29 is 9.53 Å². The molecule has 0 radical (unpaired) electrons. The van der Waals surface area contributed by atoms with Crippen molar-refractivity contribution in [3.63, 3.8) is 0 Å². The molecule has 0 aliphatic rings. The molecule has 0 unspecified atom stereocenters. The van der Waals surface area contributed by atoms with E-state index < -0.39 is 0 Å². The van der Waals surface area contributed by atoms with Crippen LogP contribution in [-0.4, -0.2) is 25.7 Å². The molecule has 1 atom stereocenters. The zero-order valence-electron chi connectivity index (χ0n) is 10.8. The van der Waals surface area contributed by atoms with Crippen LogP contribution in [0.15, 0.2) is 24.3 Å². The number of nitrogens with one attached hydrogen (secondary N) is 1. The summed E-state index contributed by atoms with van der Waals surface area (Å²) in [6.45, 7) is 4.55. The van der Waals surface area contributed by atoms with Crippen LogP contribution in [0, 0.1) is 6.92 Å². The highest BCUT2D eigenvalue weighted by Crippen LogP contribution is 2.06. The van der Waals surface area contributed by atoms with Crippen molar-refractivity contribution in [1.82, 2.24) is 5.32 Å². The van der Waals surface area contributed by atoms with Gasteiger partial charge in [-0.15, -0.1) is 0 Å². The number of methoxy groups -OCH3 is 1. The predicted octanol–water partition coefficient (Wildman–Crippen LogP) is 2.08. The fraction of sp³-hybridized carbons (Fsp3) is 0.500. The van der Waals surface area contributed by atoms with Gasteiger partial charge in [0.25, 0.3) is 0 Å². The van der Waals surface area contributed by atoms with E-state index in [9.17, 15) is 4.79 Å². The van der Waals surface area contributed by atoms with Gasteiger partial charge in [-0.05, 0) is 25.8 Å². The fourth-order valence-electron chi connectivity index (χ4n) is 1.76. The standard InChI is InChI=1S/C14H21NO2/c1-11-5-4-6-13(9-11)7-8-14(16)15-12(2)10-17-3/h4-6,9,12H,7-8,10H2,1-3H3,(H,15,16)/t12-/m0/s1. The van der Waals surface area contributed by atoms with Gasteiger partial charge in [-0.25, -0.2) is 0 Å². The lowest BCUT2D eigenvalue weighted by atomic mass is 10.1. The van der Waals surface area contributed by atoms with Crippen molar-refractivity contribution >= 4 is 5.91 Å². The van der Waals surface area contributed by atoms with Crippen LogP contribution in [0.25, 0.3) is 0 Å². The molecular weight excluding hydrogens is 214 g/mol. The van der Waals surface area contributed by atoms with Crippen molar-refractivity contribution in [2.24, 2.45) is 0 Å². The zero-order chi connectivity index (χ0) is 12.7. The maximum atomic E-state index is 11.6. The molecule has 0 spiro atoms. The molecule has 94 valence electrons. The van der Waals surface area contributed by atoms with Crippen LogP contribution in [0.4, 0.5) is 0 Å². The first-order valence-electron chi connectivity index (χ1n) is 5.95. The summed E-state index contributed by atoms with van der Waals surface area (Å²) in [5.41, 5.74) is 2.44. The highest BCUT2D eigenvalue weighted by Gasteiger charge is 2.06. The number of rotatable bonds is 6. The molecule has 0 saturated heterocycles. The minimum atomic E-state index is 0.0741. The normalized spacial score (nSPS) is 12.2. The number of amides is 1. The lowest BCUT2D eigenvalue weighted by Gasteiger charge is -2.12. The smallest absolute Gasteiger partial charge is 0.220 e. The predicted molar refractivity (Wildman–Crippen MR) is 69.0 cm³/mol. The van der Waals surface area contributed by atoms with Crippen LogP contribution in [0.2, 0.25) is 0 Å². The molecule has 1 aromatic rings. The summed E-state index contributed by atoms with van der Waals surface area (Å²) in [5.74, 6) is 0.0797. The monoisotopic (exact) mass is 235 g/mol. The van der Waals surface area contributed by atoms with Crippen LogP contribution in [0.3, 0.4) is 0 Å². The second kappa shape index (κ2) is 7.07. The Morgan fingerprint density at radius 2 is 2.24 bits per heavy atom. The van der Waals surface area contributed by atoms with Crippen LogP contribution in [0.1, 0.15) is 24.5 Å². The number of carbonyl (C=O) groups excluding carboxylic acids is 1. The Morgan fingerprint density at radius 1 is 1.47 bits per heavy atom. The van der Waals surface area contributed by atoms with Crippen molar-refractivity contribution in [3.05, 3.63) is 35.4 Å². The summed E-state index contributed by atoms with van der Waals surface area (Å²) in [7, 11) is 1.63. The number of benzene rings is 1. The molecule has 0 aromatic heterocycles. The molecule has 1 amide bonds. The van der Waals surface area contributed by atoms with Gasteiger partial charge >= 0.3 is 0 Å². The van der Waals surface area contributed by atoms with Crippen LogP contribution in [-0.2, 0) is 16.0 Å². The van der Waals surface area contributed by atoms with Crippen molar-refractivity contribution in [2.45, 2.75) is 32.7 Å². The average Bonchev–Trinajstić information content (AvgIpc) is 2.27. The molecule has 1 N–H and O–H groups in total. The van der Waals surface area contributed by atoms with Crippen LogP contribution < -0.4 is 5.32 Å². The number of hydrogen-bond acceptors (Lipinski definition) is 2. The minimum Gasteiger partial charge on any atom is -0.383 e. The third-order valence-corrected chi connectivity index (χ3v) is 2.55. The van der Waals surface area contributed by atoms with Crippen molar-refractivity contribution in [2.75, 3.05) is 13.7 Å². The van der Waals surface area contributed by atoms with E-state index in [1.54, 1.807) is 7.11 Å². The van der Waals surface area contributed by atoms with Crippen molar-refractivity contribution in [3.8, 4) is 0 Å². The van der Waals surface area contributed by atoms with Crippen LogP contribution >= 0.6 is 0 Å². The summed E-state index contributed by atoms with van der Waals surface area (Å²) < 4.78 is 4.97. The third kappa shape index (κ3) is 5.50. The van der Waals surface area contributed by atoms with Gasteiger partial charge in [0.15, 0.2) is 0 Å². The second-order valence-electron chi connectivity index (χ2n) is 4.41. The molecule has 17 heavy (non-hydrogen) atoms. The number of aryl methyl sites for hydroxylation is 2. The molecule has 0 fully saturated rings. The topological polar surface area (TPSA) is 38.3 Å². The van der Waals surface area contributed by atoms with Gasteiger partial charge in [0.2, 0.25) is 5.91 Å². The Balaban J connectivity index is 2.33. The summed E-state index contributed by atoms with van der Waals surface area (Å²) in [6, 6.07) is 8.33. The average molecular weight is 235 g/mol.